The van der Waals surface area contributed by atoms with Crippen molar-refractivity contribution >= 4 is 11.6 Å². The third-order valence-corrected chi connectivity index (χ3v) is 5.76. The Morgan fingerprint density at radius 2 is 1.74 bits per heavy atom. The molecule has 0 amide bonds. The van der Waals surface area contributed by atoms with Crippen molar-refractivity contribution in [3.8, 4) is 5.75 Å². The Hall–Kier alpha value is -2.60. The molecular formula is C21H25N5O. The molecule has 0 bridgehead atoms. The van der Waals surface area contributed by atoms with Crippen LogP contribution < -0.4 is 15.4 Å². The van der Waals surface area contributed by atoms with E-state index in [9.17, 15) is 0 Å². The molecule has 0 unspecified atom stereocenters. The lowest BCUT2D eigenvalue weighted by molar-refractivity contribution is 0.176. The maximum atomic E-state index is 6.40. The first-order valence-corrected chi connectivity index (χ1v) is 9.90. The van der Waals surface area contributed by atoms with E-state index in [-0.39, 0.29) is 12.1 Å². The fourth-order valence-electron chi connectivity index (χ4n) is 4.31. The molecule has 5 rings (SSSR count). The van der Waals surface area contributed by atoms with Gasteiger partial charge < -0.3 is 15.4 Å². The summed E-state index contributed by atoms with van der Waals surface area (Å²) >= 11 is 0. The molecule has 3 heterocycles. The molecule has 140 valence electrons. The lowest BCUT2D eigenvalue weighted by atomic mass is 9.86. The number of rotatable bonds is 3. The van der Waals surface area contributed by atoms with Crippen LogP contribution in [0.15, 0.2) is 42.6 Å². The normalized spacial score (nSPS) is 22.6. The van der Waals surface area contributed by atoms with E-state index in [1.165, 1.54) is 30.4 Å². The zero-order valence-electron chi connectivity index (χ0n) is 15.4. The summed E-state index contributed by atoms with van der Waals surface area (Å²) in [7, 11) is 0. The number of nitrogens with zero attached hydrogens (tertiary/aromatic N) is 4. The van der Waals surface area contributed by atoms with Gasteiger partial charge >= 0.3 is 0 Å². The van der Waals surface area contributed by atoms with Crippen LogP contribution in [0.25, 0.3) is 5.65 Å². The standard InChI is InChI=1S/C21H25N5O/c22-18-9-10-19(17-7-3-2-6-16(17)18)27-15-8-11-20-23-24-21(26(20)14-15)25-12-4-1-5-13-25/h2-3,6-8,11,14,18-19H,1,4-5,9-10,12-13,22H2/t18-,19-/m0/s1. The van der Waals surface area contributed by atoms with E-state index in [0.29, 0.717) is 0 Å². The average Bonchev–Trinajstić information content (AvgIpc) is 3.14. The SMILES string of the molecule is N[C@H]1CC[C@H](Oc2ccc3nnc(N4CCCCC4)n3c2)c2ccccc21. The van der Waals surface area contributed by atoms with Gasteiger partial charge in [-0.1, -0.05) is 24.3 Å². The summed E-state index contributed by atoms with van der Waals surface area (Å²) in [6.07, 6.45) is 7.65. The van der Waals surface area contributed by atoms with Gasteiger partial charge in [-0.25, -0.2) is 0 Å². The van der Waals surface area contributed by atoms with Gasteiger partial charge in [-0.3, -0.25) is 4.40 Å². The lowest BCUT2D eigenvalue weighted by Gasteiger charge is -2.30. The molecule has 2 aliphatic rings. The average molecular weight is 363 g/mol. The Labute approximate surface area is 159 Å². The van der Waals surface area contributed by atoms with Gasteiger partial charge in [0.2, 0.25) is 5.95 Å². The molecule has 6 nitrogen and oxygen atoms in total. The molecule has 1 aliphatic carbocycles. The minimum absolute atomic E-state index is 0.0355. The van der Waals surface area contributed by atoms with Gasteiger partial charge in [0.25, 0.3) is 0 Å². The maximum absolute atomic E-state index is 6.40. The van der Waals surface area contributed by atoms with Crippen LogP contribution in [0.2, 0.25) is 0 Å². The number of pyridine rings is 1. The van der Waals surface area contributed by atoms with E-state index in [1.54, 1.807) is 0 Å². The molecule has 3 aromatic rings. The Morgan fingerprint density at radius 3 is 2.59 bits per heavy atom. The maximum Gasteiger partial charge on any atom is 0.231 e. The summed E-state index contributed by atoms with van der Waals surface area (Å²) in [4.78, 5) is 2.32. The molecule has 1 fully saturated rings. The van der Waals surface area contributed by atoms with Gasteiger partial charge in [-0.15, -0.1) is 10.2 Å². The largest absolute Gasteiger partial charge is 0.484 e. The lowest BCUT2D eigenvalue weighted by Crippen LogP contribution is -2.31. The molecule has 1 aromatic carbocycles. The first-order chi connectivity index (χ1) is 13.3. The van der Waals surface area contributed by atoms with E-state index in [1.807, 2.05) is 18.3 Å². The smallest absolute Gasteiger partial charge is 0.231 e. The second-order valence-corrected chi connectivity index (χ2v) is 7.56. The monoisotopic (exact) mass is 363 g/mol. The third-order valence-electron chi connectivity index (χ3n) is 5.76. The van der Waals surface area contributed by atoms with Crippen LogP contribution in [0.5, 0.6) is 5.75 Å². The number of fused-ring (bicyclic) bond motifs is 2. The minimum atomic E-state index is 0.0355. The molecule has 1 saturated heterocycles. The fourth-order valence-corrected chi connectivity index (χ4v) is 4.31. The van der Waals surface area contributed by atoms with Gasteiger partial charge in [0.1, 0.15) is 11.9 Å². The minimum Gasteiger partial charge on any atom is -0.484 e. The number of ether oxygens (including phenoxy) is 1. The number of aromatic nitrogens is 3. The molecular weight excluding hydrogens is 338 g/mol. The fraction of sp³-hybridized carbons (Fsp3) is 0.429. The molecule has 0 spiro atoms. The second kappa shape index (κ2) is 6.85. The van der Waals surface area contributed by atoms with Gasteiger partial charge in [-0.05, 0) is 55.4 Å². The highest BCUT2D eigenvalue weighted by molar-refractivity contribution is 5.49. The number of benzene rings is 1. The molecule has 0 radical (unpaired) electrons. The third kappa shape index (κ3) is 3.04. The zero-order chi connectivity index (χ0) is 18.2. The van der Waals surface area contributed by atoms with E-state index in [4.69, 9.17) is 10.5 Å². The summed E-state index contributed by atoms with van der Waals surface area (Å²) in [5.41, 5.74) is 9.55. The molecule has 1 aliphatic heterocycles. The summed E-state index contributed by atoms with van der Waals surface area (Å²) in [5, 5.41) is 8.75. The second-order valence-electron chi connectivity index (χ2n) is 7.56. The Morgan fingerprint density at radius 1 is 0.926 bits per heavy atom. The topological polar surface area (TPSA) is 68.7 Å². The number of hydrogen-bond donors (Lipinski definition) is 1. The summed E-state index contributed by atoms with van der Waals surface area (Å²) in [5.74, 6) is 1.76. The van der Waals surface area contributed by atoms with E-state index < -0.39 is 0 Å². The van der Waals surface area contributed by atoms with E-state index in [0.717, 1.165) is 43.3 Å². The molecule has 2 atom stereocenters. The Balaban J connectivity index is 1.45. The molecule has 2 aromatic heterocycles. The van der Waals surface area contributed by atoms with Gasteiger partial charge in [0, 0.05) is 19.1 Å². The highest BCUT2D eigenvalue weighted by Gasteiger charge is 2.26. The summed E-state index contributed by atoms with van der Waals surface area (Å²) in [6, 6.07) is 12.4. The van der Waals surface area contributed by atoms with Crippen LogP contribution in [-0.2, 0) is 0 Å². The van der Waals surface area contributed by atoms with Gasteiger partial charge in [0.05, 0.1) is 6.20 Å². The zero-order valence-corrected chi connectivity index (χ0v) is 15.4. The molecule has 0 saturated carbocycles. The number of anilines is 1. The van der Waals surface area contributed by atoms with Crippen LogP contribution in [-0.4, -0.2) is 27.7 Å². The molecule has 27 heavy (non-hydrogen) atoms. The van der Waals surface area contributed by atoms with Crippen molar-refractivity contribution in [2.24, 2.45) is 5.73 Å². The van der Waals surface area contributed by atoms with E-state index >= 15 is 0 Å². The van der Waals surface area contributed by atoms with Crippen molar-refractivity contribution in [3.05, 3.63) is 53.7 Å². The van der Waals surface area contributed by atoms with Crippen LogP contribution in [0.4, 0.5) is 5.95 Å². The molecule has 2 N–H and O–H groups in total. The van der Waals surface area contributed by atoms with Crippen LogP contribution in [0.3, 0.4) is 0 Å². The highest BCUT2D eigenvalue weighted by Crippen LogP contribution is 2.37. The predicted molar refractivity (Wildman–Crippen MR) is 105 cm³/mol. The number of piperidine rings is 1. The Bertz CT molecular complexity index is 947. The van der Waals surface area contributed by atoms with Crippen molar-refractivity contribution in [1.29, 1.82) is 0 Å². The van der Waals surface area contributed by atoms with Gasteiger partial charge in [-0.2, -0.15) is 0 Å². The quantitative estimate of drug-likeness (QED) is 0.769. The van der Waals surface area contributed by atoms with E-state index in [2.05, 4.69) is 43.8 Å². The Kier molecular flexibility index (Phi) is 4.20. The number of nitrogens with two attached hydrogens (primary N) is 1. The highest BCUT2D eigenvalue weighted by atomic mass is 16.5. The first kappa shape index (κ1) is 16.6. The molecule has 6 heteroatoms. The van der Waals surface area contributed by atoms with Crippen molar-refractivity contribution in [3.63, 3.8) is 0 Å². The van der Waals surface area contributed by atoms with Crippen LogP contribution in [0, 0.1) is 0 Å². The first-order valence-electron chi connectivity index (χ1n) is 9.90. The van der Waals surface area contributed by atoms with Gasteiger partial charge in [0.15, 0.2) is 5.65 Å². The van der Waals surface area contributed by atoms with Crippen molar-refractivity contribution in [1.82, 2.24) is 14.6 Å². The number of hydrogen-bond acceptors (Lipinski definition) is 5. The predicted octanol–water partition coefficient (Wildman–Crippen LogP) is 3.63. The van der Waals surface area contributed by atoms with Crippen molar-refractivity contribution < 1.29 is 4.74 Å². The van der Waals surface area contributed by atoms with Crippen LogP contribution >= 0.6 is 0 Å². The van der Waals surface area contributed by atoms with Crippen LogP contribution in [0.1, 0.15) is 55.4 Å². The summed E-state index contributed by atoms with van der Waals surface area (Å²) < 4.78 is 8.46. The summed E-state index contributed by atoms with van der Waals surface area (Å²) in [6.45, 7) is 2.08. The van der Waals surface area contributed by atoms with Crippen molar-refractivity contribution in [2.45, 2.75) is 44.2 Å². The van der Waals surface area contributed by atoms with Crippen molar-refractivity contribution in [2.75, 3.05) is 18.0 Å².